The van der Waals surface area contributed by atoms with Gasteiger partial charge in [0.1, 0.15) is 11.8 Å². The van der Waals surface area contributed by atoms with Crippen molar-refractivity contribution in [1.82, 2.24) is 0 Å². The molecule has 0 aliphatic carbocycles. The van der Waals surface area contributed by atoms with Crippen molar-refractivity contribution in [3.8, 4) is 11.8 Å². The van der Waals surface area contributed by atoms with Gasteiger partial charge in [0.05, 0.1) is 12.4 Å². The Kier molecular flexibility index (Phi) is 4.89. The lowest BCUT2D eigenvalue weighted by atomic mass is 10.1. The van der Waals surface area contributed by atoms with Gasteiger partial charge in [0.25, 0.3) is 0 Å². The second kappa shape index (κ2) is 6.20. The van der Waals surface area contributed by atoms with Crippen LogP contribution in [0.1, 0.15) is 19.4 Å². The van der Waals surface area contributed by atoms with Crippen molar-refractivity contribution in [3.05, 3.63) is 29.8 Å². The summed E-state index contributed by atoms with van der Waals surface area (Å²) in [6.07, 6.45) is 0. The minimum absolute atomic E-state index is 0.119. The lowest BCUT2D eigenvalue weighted by molar-refractivity contribution is 0.334. The van der Waals surface area contributed by atoms with Crippen molar-refractivity contribution in [2.24, 2.45) is 5.16 Å². The second-order valence-electron chi connectivity index (χ2n) is 3.90. The number of methoxy groups -OCH3 is 1. The average molecular weight is 282 g/mol. The van der Waals surface area contributed by atoms with Crippen molar-refractivity contribution in [2.45, 2.75) is 19.1 Å². The van der Waals surface area contributed by atoms with Gasteiger partial charge in [0, 0.05) is 5.56 Å². The zero-order valence-electron chi connectivity index (χ0n) is 10.8. The summed E-state index contributed by atoms with van der Waals surface area (Å²) in [6.45, 7) is 2.93. The molecule has 0 aliphatic heterocycles. The summed E-state index contributed by atoms with van der Waals surface area (Å²) in [7, 11) is -2.27. The Hall–Kier alpha value is -2.07. The Bertz CT molecular complexity index is 598. The first-order valence-electron chi connectivity index (χ1n) is 5.45. The van der Waals surface area contributed by atoms with Crippen LogP contribution < -0.4 is 4.74 Å². The van der Waals surface area contributed by atoms with E-state index in [4.69, 9.17) is 10.00 Å². The lowest BCUT2D eigenvalue weighted by Gasteiger charge is -2.05. The molecule has 0 spiro atoms. The lowest BCUT2D eigenvalue weighted by Crippen LogP contribution is -2.15. The molecule has 0 aliphatic rings. The predicted octanol–water partition coefficient (Wildman–Crippen LogP) is 1.68. The third-order valence-electron chi connectivity index (χ3n) is 2.28. The fourth-order valence-corrected chi connectivity index (χ4v) is 1.41. The van der Waals surface area contributed by atoms with E-state index >= 15 is 0 Å². The summed E-state index contributed by atoms with van der Waals surface area (Å²) in [5.74, 6) is 0.622. The normalized spacial score (nSPS) is 12.1. The first-order chi connectivity index (χ1) is 8.90. The predicted molar refractivity (Wildman–Crippen MR) is 70.3 cm³/mol. The smallest absolute Gasteiger partial charge is 0.330 e. The summed E-state index contributed by atoms with van der Waals surface area (Å²) in [6, 6.07) is 8.24. The molecule has 0 saturated heterocycles. The number of hydrogen-bond acceptors (Lipinski definition) is 6. The number of nitrogens with zero attached hydrogens (tertiary/aromatic N) is 2. The first-order valence-corrected chi connectivity index (χ1v) is 6.93. The Labute approximate surface area is 112 Å². The van der Waals surface area contributed by atoms with E-state index in [1.165, 1.54) is 21.0 Å². The van der Waals surface area contributed by atoms with Gasteiger partial charge in [0.2, 0.25) is 0 Å². The number of hydrogen-bond donors (Lipinski definition) is 0. The molecule has 7 heteroatoms. The van der Waals surface area contributed by atoms with E-state index in [9.17, 15) is 8.42 Å². The van der Waals surface area contributed by atoms with Crippen LogP contribution in [0.15, 0.2) is 29.4 Å². The molecular formula is C12H14N2O4S. The minimum Gasteiger partial charge on any atom is -0.497 e. The molecule has 1 rings (SSSR count). The van der Waals surface area contributed by atoms with Crippen LogP contribution in [0.4, 0.5) is 0 Å². The van der Waals surface area contributed by atoms with Gasteiger partial charge in [-0.15, -0.1) is 0 Å². The summed E-state index contributed by atoms with van der Waals surface area (Å²) in [5, 5.41) is 11.6. The highest BCUT2D eigenvalue weighted by molar-refractivity contribution is 7.87. The van der Waals surface area contributed by atoms with Crippen LogP contribution in [-0.2, 0) is 14.4 Å². The van der Waals surface area contributed by atoms with E-state index in [-0.39, 0.29) is 5.71 Å². The van der Waals surface area contributed by atoms with Crippen LogP contribution in [0.25, 0.3) is 0 Å². The third-order valence-corrected chi connectivity index (χ3v) is 3.72. The van der Waals surface area contributed by atoms with Gasteiger partial charge in [-0.25, -0.2) is 0 Å². The van der Waals surface area contributed by atoms with Crippen LogP contribution in [0.2, 0.25) is 0 Å². The fourth-order valence-electron chi connectivity index (χ4n) is 1.06. The number of rotatable bonds is 5. The quantitative estimate of drug-likeness (QED) is 0.605. The monoisotopic (exact) mass is 282 g/mol. The van der Waals surface area contributed by atoms with Crippen LogP contribution in [0.5, 0.6) is 5.75 Å². The highest BCUT2D eigenvalue weighted by Crippen LogP contribution is 2.13. The first kappa shape index (κ1) is 15.0. The van der Waals surface area contributed by atoms with Gasteiger partial charge in [-0.05, 0) is 38.1 Å². The molecule has 1 aromatic carbocycles. The van der Waals surface area contributed by atoms with Gasteiger partial charge in [0.15, 0.2) is 5.71 Å². The van der Waals surface area contributed by atoms with Gasteiger partial charge in [-0.2, -0.15) is 13.7 Å². The summed E-state index contributed by atoms with van der Waals surface area (Å²) >= 11 is 0. The van der Waals surface area contributed by atoms with Crippen LogP contribution >= 0.6 is 0 Å². The molecular weight excluding hydrogens is 268 g/mol. The Morgan fingerprint density at radius 2 is 1.89 bits per heavy atom. The molecule has 0 unspecified atom stereocenters. The molecule has 0 aromatic heterocycles. The van der Waals surface area contributed by atoms with E-state index in [0.29, 0.717) is 11.3 Å². The minimum atomic E-state index is -3.79. The highest BCUT2D eigenvalue weighted by Gasteiger charge is 2.18. The molecule has 0 N–H and O–H groups in total. The molecule has 0 saturated carbocycles. The molecule has 6 nitrogen and oxygen atoms in total. The number of ether oxygens (including phenoxy) is 1. The summed E-state index contributed by atoms with van der Waals surface area (Å²) < 4.78 is 32.3. The standard InChI is InChI=1S/C12H14N2O4S/c1-9(2)19(15,16)18-14-12(8-13)10-4-6-11(17-3)7-5-10/h4-7,9H,1-3H3. The number of benzene rings is 1. The average Bonchev–Trinajstić information content (AvgIpc) is 2.40. The summed E-state index contributed by atoms with van der Waals surface area (Å²) in [5.41, 5.74) is 0.328. The Balaban J connectivity index is 2.98. The topological polar surface area (TPSA) is 88.8 Å². The Morgan fingerprint density at radius 3 is 2.32 bits per heavy atom. The molecule has 0 heterocycles. The second-order valence-corrected chi connectivity index (χ2v) is 5.97. The van der Waals surface area contributed by atoms with Crippen LogP contribution in [0, 0.1) is 11.3 Å². The van der Waals surface area contributed by atoms with Crippen LogP contribution in [0.3, 0.4) is 0 Å². The van der Waals surface area contributed by atoms with Gasteiger partial charge >= 0.3 is 10.1 Å². The maximum absolute atomic E-state index is 11.4. The van der Waals surface area contributed by atoms with Crippen molar-refractivity contribution in [3.63, 3.8) is 0 Å². The molecule has 0 amide bonds. The fraction of sp³-hybridized carbons (Fsp3) is 0.333. The molecule has 0 fully saturated rings. The van der Waals surface area contributed by atoms with Crippen LogP contribution in [-0.4, -0.2) is 26.5 Å². The highest BCUT2D eigenvalue weighted by atomic mass is 32.2. The van der Waals surface area contributed by atoms with Gasteiger partial charge in [-0.3, -0.25) is 4.28 Å². The maximum Gasteiger partial charge on any atom is 0.330 e. The van der Waals surface area contributed by atoms with E-state index in [1.54, 1.807) is 30.3 Å². The maximum atomic E-state index is 11.4. The third kappa shape index (κ3) is 3.96. The number of oxime groups is 1. The molecule has 1 aromatic rings. The Morgan fingerprint density at radius 1 is 1.32 bits per heavy atom. The zero-order chi connectivity index (χ0) is 14.5. The largest absolute Gasteiger partial charge is 0.497 e. The van der Waals surface area contributed by atoms with E-state index in [0.717, 1.165) is 0 Å². The van der Waals surface area contributed by atoms with Crippen molar-refractivity contribution < 1.29 is 17.4 Å². The van der Waals surface area contributed by atoms with Crippen molar-refractivity contribution >= 4 is 15.8 Å². The molecule has 0 atom stereocenters. The van der Waals surface area contributed by atoms with Crippen molar-refractivity contribution in [1.29, 1.82) is 5.26 Å². The number of nitriles is 1. The van der Waals surface area contributed by atoms with Gasteiger partial charge in [-0.1, -0.05) is 5.16 Å². The van der Waals surface area contributed by atoms with Gasteiger partial charge < -0.3 is 4.74 Å². The molecule has 0 bridgehead atoms. The zero-order valence-corrected chi connectivity index (χ0v) is 11.6. The molecule has 102 valence electrons. The van der Waals surface area contributed by atoms with E-state index in [1.807, 2.05) is 0 Å². The molecule has 0 radical (unpaired) electrons. The van der Waals surface area contributed by atoms with E-state index in [2.05, 4.69) is 9.44 Å². The molecule has 19 heavy (non-hydrogen) atoms. The SMILES string of the molecule is COc1ccc(C(C#N)=NOS(=O)(=O)C(C)C)cc1. The van der Waals surface area contributed by atoms with Crippen molar-refractivity contribution in [2.75, 3.05) is 7.11 Å². The summed E-state index contributed by atoms with van der Waals surface area (Å²) in [4.78, 5) is 0. The van der Waals surface area contributed by atoms with E-state index < -0.39 is 15.4 Å².